The highest BCUT2D eigenvalue weighted by molar-refractivity contribution is 6.30. The van der Waals surface area contributed by atoms with Crippen LogP contribution in [0.1, 0.15) is 30.8 Å². The highest BCUT2D eigenvalue weighted by Crippen LogP contribution is 2.26. The van der Waals surface area contributed by atoms with Crippen LogP contribution < -0.4 is 5.32 Å². The Kier molecular flexibility index (Phi) is 6.72. The molecule has 0 saturated heterocycles. The number of hydrogen-bond donors (Lipinski definition) is 2. The van der Waals surface area contributed by atoms with Crippen LogP contribution in [-0.2, 0) is 11.3 Å². The van der Waals surface area contributed by atoms with Crippen molar-refractivity contribution in [3.05, 3.63) is 76.7 Å². The summed E-state index contributed by atoms with van der Waals surface area (Å²) in [6, 6.07) is 18.3. The van der Waals surface area contributed by atoms with E-state index in [2.05, 4.69) is 26.5 Å². The van der Waals surface area contributed by atoms with Crippen molar-refractivity contribution in [2.75, 3.05) is 0 Å². The molecular weight excluding hydrogens is 450 g/mol. The zero-order valence-electron chi connectivity index (χ0n) is 18.3. The maximum atomic E-state index is 12.9. The first-order valence-electron chi connectivity index (χ1n) is 10.6. The number of rotatable bonds is 7. The Morgan fingerprint density at radius 2 is 2.00 bits per heavy atom. The first kappa shape index (κ1) is 22.8. The molecule has 2 heterocycles. The monoisotopic (exact) mass is 469 g/mol. The summed E-state index contributed by atoms with van der Waals surface area (Å²) in [7, 11) is 0. The Morgan fingerprint density at radius 3 is 2.71 bits per heavy atom. The molecule has 0 aliphatic rings. The molecule has 34 heavy (non-hydrogen) atoms. The van der Waals surface area contributed by atoms with Crippen LogP contribution in [0.25, 0.3) is 28.4 Å². The van der Waals surface area contributed by atoms with Gasteiger partial charge in [-0.15, -0.1) is 0 Å². The van der Waals surface area contributed by atoms with Crippen LogP contribution in [-0.4, -0.2) is 25.7 Å². The quantitative estimate of drug-likeness (QED) is 0.298. The van der Waals surface area contributed by atoms with E-state index in [1.165, 1.54) is 6.08 Å². The lowest BCUT2D eigenvalue weighted by molar-refractivity contribution is -0.117. The molecule has 9 heteroatoms. The summed E-state index contributed by atoms with van der Waals surface area (Å²) in [6.45, 7) is 2.19. The number of aromatic amines is 1. The Balaban J connectivity index is 1.62. The number of carbonyl (C=O) groups excluding carboxylic acids is 1. The average Bonchev–Trinajstić information content (AvgIpc) is 3.45. The molecule has 168 valence electrons. The van der Waals surface area contributed by atoms with E-state index in [4.69, 9.17) is 16.9 Å². The fraction of sp³-hybridized carbons (Fsp3) is 0.160. The third-order valence-electron chi connectivity index (χ3n) is 5.19. The lowest BCUT2D eigenvalue weighted by Crippen LogP contribution is -2.28. The number of aryl methyl sites for hydroxylation is 1. The lowest BCUT2D eigenvalue weighted by Gasteiger charge is -2.10. The van der Waals surface area contributed by atoms with Crippen molar-refractivity contribution in [2.24, 2.45) is 0 Å². The van der Waals surface area contributed by atoms with Crippen molar-refractivity contribution in [3.63, 3.8) is 0 Å². The van der Waals surface area contributed by atoms with Crippen LogP contribution in [0, 0.1) is 22.7 Å². The number of carbonyl (C=O) groups is 1. The number of fused-ring (bicyclic) bond motifs is 1. The minimum atomic E-state index is -0.526. The summed E-state index contributed by atoms with van der Waals surface area (Å²) >= 11 is 6.01. The molecule has 8 nitrogen and oxygen atoms in total. The Labute approximate surface area is 201 Å². The van der Waals surface area contributed by atoms with E-state index in [9.17, 15) is 10.1 Å². The predicted octanol–water partition coefficient (Wildman–Crippen LogP) is 4.78. The van der Waals surface area contributed by atoms with Gasteiger partial charge in [0.2, 0.25) is 0 Å². The van der Waals surface area contributed by atoms with Gasteiger partial charge in [-0.3, -0.25) is 9.48 Å². The molecule has 0 unspecified atom stereocenters. The number of para-hydroxylation sites is 2. The predicted molar refractivity (Wildman–Crippen MR) is 129 cm³/mol. The van der Waals surface area contributed by atoms with Crippen molar-refractivity contribution in [3.8, 4) is 23.4 Å². The number of benzene rings is 2. The second-order valence-corrected chi connectivity index (χ2v) is 8.05. The molecule has 0 saturated carbocycles. The number of nitrogens with zero attached hydrogens (tertiary/aromatic N) is 5. The maximum Gasteiger partial charge on any atom is 0.262 e. The standard InChI is InChI=1S/C25H20ClN7O/c1-16(24-30-21-5-2-3-6-22(21)31-24)29-25(34)18(14-28)13-19-15-33(12-4-11-27)32-23(19)17-7-9-20(26)10-8-17/h2-3,5-10,13,15-16H,4,12H2,1H3,(H,29,34)(H,30,31)/b18-13-/t16-/m0/s1. The van der Waals surface area contributed by atoms with Gasteiger partial charge in [-0.05, 0) is 37.3 Å². The molecule has 1 amide bonds. The van der Waals surface area contributed by atoms with E-state index in [0.717, 1.165) is 16.6 Å². The largest absolute Gasteiger partial charge is 0.342 e. The number of amides is 1. The molecule has 4 rings (SSSR count). The van der Waals surface area contributed by atoms with E-state index < -0.39 is 11.9 Å². The highest BCUT2D eigenvalue weighted by atomic mass is 35.5. The minimum absolute atomic E-state index is 0.0713. The van der Waals surface area contributed by atoms with Gasteiger partial charge in [0, 0.05) is 22.3 Å². The van der Waals surface area contributed by atoms with Crippen LogP contribution in [0.5, 0.6) is 0 Å². The molecule has 2 aromatic carbocycles. The Morgan fingerprint density at radius 1 is 1.24 bits per heavy atom. The normalized spacial score (nSPS) is 12.2. The lowest BCUT2D eigenvalue weighted by atomic mass is 10.1. The number of hydrogen-bond acceptors (Lipinski definition) is 5. The summed E-state index contributed by atoms with van der Waals surface area (Å²) in [5, 5.41) is 26.6. The van der Waals surface area contributed by atoms with Crippen molar-refractivity contribution < 1.29 is 4.79 Å². The van der Waals surface area contributed by atoms with Crippen LogP contribution in [0.2, 0.25) is 5.02 Å². The number of aromatic nitrogens is 4. The minimum Gasteiger partial charge on any atom is -0.342 e. The highest BCUT2D eigenvalue weighted by Gasteiger charge is 2.18. The van der Waals surface area contributed by atoms with Crippen molar-refractivity contribution in [1.29, 1.82) is 10.5 Å². The van der Waals surface area contributed by atoms with Gasteiger partial charge in [0.25, 0.3) is 5.91 Å². The molecule has 2 aromatic heterocycles. The van der Waals surface area contributed by atoms with Crippen LogP contribution in [0.3, 0.4) is 0 Å². The molecule has 0 aliphatic heterocycles. The molecule has 0 radical (unpaired) electrons. The van der Waals surface area contributed by atoms with E-state index in [1.54, 1.807) is 29.9 Å². The van der Waals surface area contributed by atoms with E-state index in [-0.39, 0.29) is 12.0 Å². The SMILES string of the molecule is C[C@H](NC(=O)/C(C#N)=C\c1cn(CCC#N)nc1-c1ccc(Cl)cc1)c1nc2ccccc2[nH]1. The van der Waals surface area contributed by atoms with Crippen LogP contribution >= 0.6 is 11.6 Å². The number of nitrogens with one attached hydrogen (secondary N) is 2. The zero-order valence-corrected chi connectivity index (χ0v) is 19.0. The summed E-state index contributed by atoms with van der Waals surface area (Å²) in [5.74, 6) is 0.0697. The summed E-state index contributed by atoms with van der Waals surface area (Å²) in [6.07, 6.45) is 3.50. The van der Waals surface area contributed by atoms with E-state index >= 15 is 0 Å². The molecule has 0 spiro atoms. The first-order valence-corrected chi connectivity index (χ1v) is 10.9. The van der Waals surface area contributed by atoms with Gasteiger partial charge < -0.3 is 10.3 Å². The molecular formula is C25H20ClN7O. The molecule has 4 aromatic rings. The van der Waals surface area contributed by atoms with E-state index in [1.807, 2.05) is 42.5 Å². The van der Waals surface area contributed by atoms with Gasteiger partial charge in [-0.1, -0.05) is 35.9 Å². The number of halogens is 1. The van der Waals surface area contributed by atoms with Crippen LogP contribution in [0.4, 0.5) is 0 Å². The van der Waals surface area contributed by atoms with Gasteiger partial charge in [-0.2, -0.15) is 15.6 Å². The van der Waals surface area contributed by atoms with Crippen LogP contribution in [0.15, 0.2) is 60.3 Å². The van der Waals surface area contributed by atoms with Gasteiger partial charge in [0.05, 0.1) is 41.8 Å². The summed E-state index contributed by atoms with van der Waals surface area (Å²) < 4.78 is 1.63. The molecule has 0 aliphatic carbocycles. The third kappa shape index (κ3) is 4.98. The topological polar surface area (TPSA) is 123 Å². The Hall–Kier alpha value is -4.40. The smallest absolute Gasteiger partial charge is 0.262 e. The third-order valence-corrected chi connectivity index (χ3v) is 5.44. The van der Waals surface area contributed by atoms with Gasteiger partial charge in [-0.25, -0.2) is 4.98 Å². The maximum absolute atomic E-state index is 12.9. The van der Waals surface area contributed by atoms with Crippen molar-refractivity contribution >= 4 is 34.6 Å². The first-order chi connectivity index (χ1) is 16.5. The molecule has 0 bridgehead atoms. The fourth-order valence-corrected chi connectivity index (χ4v) is 3.60. The average molecular weight is 470 g/mol. The van der Waals surface area contributed by atoms with E-state index in [0.29, 0.717) is 28.6 Å². The Bertz CT molecular complexity index is 1420. The number of H-pyrrole nitrogens is 1. The summed E-state index contributed by atoms with van der Waals surface area (Å²) in [5.41, 5.74) is 3.54. The van der Waals surface area contributed by atoms with Gasteiger partial charge in [0.1, 0.15) is 17.5 Å². The number of imidazole rings is 1. The second kappa shape index (κ2) is 10.0. The van der Waals surface area contributed by atoms with Crippen molar-refractivity contribution in [1.82, 2.24) is 25.1 Å². The van der Waals surface area contributed by atoms with Crippen molar-refractivity contribution in [2.45, 2.75) is 25.9 Å². The molecule has 1 atom stereocenters. The molecule has 2 N–H and O–H groups in total. The van der Waals surface area contributed by atoms with Gasteiger partial charge >= 0.3 is 0 Å². The second-order valence-electron chi connectivity index (χ2n) is 7.62. The molecule has 0 fully saturated rings. The fourth-order valence-electron chi connectivity index (χ4n) is 3.48. The zero-order chi connectivity index (χ0) is 24.1. The number of nitriles is 2. The van der Waals surface area contributed by atoms with Gasteiger partial charge in [0.15, 0.2) is 0 Å². The summed E-state index contributed by atoms with van der Waals surface area (Å²) in [4.78, 5) is 20.6.